The van der Waals surface area contributed by atoms with E-state index in [1.807, 2.05) is 26.2 Å². The molecule has 1 aliphatic carbocycles. The second kappa shape index (κ2) is 5.75. The van der Waals surface area contributed by atoms with Gasteiger partial charge in [0.2, 0.25) is 0 Å². The largest absolute Gasteiger partial charge is 0.332 e. The molecule has 0 radical (unpaired) electrons. The molecule has 2 N–H and O–H groups in total. The summed E-state index contributed by atoms with van der Waals surface area (Å²) < 4.78 is 27.5. The second-order valence-electron chi connectivity index (χ2n) is 6.02. The summed E-state index contributed by atoms with van der Waals surface area (Å²) in [5, 5.41) is 3.15. The predicted molar refractivity (Wildman–Crippen MR) is 85.5 cm³/mol. The van der Waals surface area contributed by atoms with Gasteiger partial charge in [-0.15, -0.1) is 11.3 Å². The third-order valence-electron chi connectivity index (χ3n) is 3.65. The Bertz CT molecular complexity index is 759. The van der Waals surface area contributed by atoms with Crippen LogP contribution in [-0.4, -0.2) is 23.4 Å². The van der Waals surface area contributed by atoms with Crippen molar-refractivity contribution in [1.29, 1.82) is 0 Å². The van der Waals surface area contributed by atoms with Crippen LogP contribution < -0.4 is 4.72 Å². The molecule has 1 aliphatic rings. The zero-order chi connectivity index (χ0) is 15.9. The van der Waals surface area contributed by atoms with Crippen molar-refractivity contribution in [2.45, 2.75) is 56.5 Å². The molecule has 2 aromatic heterocycles. The molecule has 0 amide bonds. The maximum Gasteiger partial charge on any atom is 0.258 e. The first-order valence-electron chi connectivity index (χ1n) is 7.39. The molecule has 120 valence electrons. The van der Waals surface area contributed by atoms with Gasteiger partial charge < -0.3 is 4.98 Å². The predicted octanol–water partition coefficient (Wildman–Crippen LogP) is 2.91. The monoisotopic (exact) mass is 340 g/mol. The fourth-order valence-electron chi connectivity index (χ4n) is 2.12. The first-order chi connectivity index (χ1) is 10.4. The molecule has 0 spiro atoms. The van der Waals surface area contributed by atoms with Crippen molar-refractivity contribution in [3.05, 3.63) is 28.1 Å². The summed E-state index contributed by atoms with van der Waals surface area (Å²) in [6.45, 7) is 5.73. The van der Waals surface area contributed by atoms with Gasteiger partial charge in [0, 0.05) is 17.2 Å². The molecule has 6 nitrogen and oxygen atoms in total. The summed E-state index contributed by atoms with van der Waals surface area (Å²) >= 11 is 1.61. The van der Waals surface area contributed by atoms with E-state index in [0.29, 0.717) is 11.7 Å². The van der Waals surface area contributed by atoms with Crippen LogP contribution in [0.1, 0.15) is 68.0 Å². The Labute approximate surface area is 134 Å². The highest BCUT2D eigenvalue weighted by Gasteiger charge is 2.28. The summed E-state index contributed by atoms with van der Waals surface area (Å²) in [5.74, 6) is 1.41. The molecule has 1 fully saturated rings. The highest BCUT2D eigenvalue weighted by atomic mass is 32.2. The number of nitrogens with one attached hydrogen (secondary N) is 2. The van der Waals surface area contributed by atoms with Gasteiger partial charge in [0.1, 0.15) is 5.82 Å². The van der Waals surface area contributed by atoms with E-state index < -0.39 is 10.0 Å². The van der Waals surface area contributed by atoms with Crippen molar-refractivity contribution in [3.8, 4) is 0 Å². The molecular weight excluding hydrogens is 320 g/mol. The molecule has 1 atom stereocenters. The van der Waals surface area contributed by atoms with E-state index in [0.717, 1.165) is 10.7 Å². The van der Waals surface area contributed by atoms with Crippen LogP contribution in [0.5, 0.6) is 0 Å². The minimum Gasteiger partial charge on any atom is -0.332 e. The fourth-order valence-corrected chi connectivity index (χ4v) is 4.35. The van der Waals surface area contributed by atoms with Gasteiger partial charge >= 0.3 is 0 Å². The van der Waals surface area contributed by atoms with E-state index in [-0.39, 0.29) is 17.0 Å². The Morgan fingerprint density at radius 3 is 2.68 bits per heavy atom. The molecule has 0 bridgehead atoms. The van der Waals surface area contributed by atoms with Crippen LogP contribution >= 0.6 is 11.3 Å². The maximum atomic E-state index is 12.4. The van der Waals surface area contributed by atoms with Crippen LogP contribution in [0.4, 0.5) is 0 Å². The number of hydrogen-bond donors (Lipinski definition) is 2. The zero-order valence-electron chi connectivity index (χ0n) is 12.8. The lowest BCUT2D eigenvalue weighted by Gasteiger charge is -2.11. The summed E-state index contributed by atoms with van der Waals surface area (Å²) in [4.78, 5) is 11.5. The third kappa shape index (κ3) is 3.23. The van der Waals surface area contributed by atoms with Gasteiger partial charge in [0.05, 0.1) is 22.9 Å². The number of imidazole rings is 1. The molecule has 0 aromatic carbocycles. The number of H-pyrrole nitrogens is 1. The highest BCUT2D eigenvalue weighted by Crippen LogP contribution is 2.41. The minimum atomic E-state index is -3.62. The highest BCUT2D eigenvalue weighted by molar-refractivity contribution is 7.89. The molecule has 22 heavy (non-hydrogen) atoms. The summed E-state index contributed by atoms with van der Waals surface area (Å²) in [7, 11) is -3.62. The van der Waals surface area contributed by atoms with E-state index in [4.69, 9.17) is 0 Å². The lowest BCUT2D eigenvalue weighted by Crippen LogP contribution is -2.27. The summed E-state index contributed by atoms with van der Waals surface area (Å²) in [6, 6.07) is -0.362. The Morgan fingerprint density at radius 2 is 2.09 bits per heavy atom. The average molecular weight is 340 g/mol. The number of aromatic amines is 1. The normalized spacial score (nSPS) is 17.1. The molecule has 2 aromatic rings. The van der Waals surface area contributed by atoms with E-state index >= 15 is 0 Å². The average Bonchev–Trinajstić information content (AvgIpc) is 2.99. The van der Waals surface area contributed by atoms with Crippen LogP contribution in [0.2, 0.25) is 0 Å². The van der Waals surface area contributed by atoms with Gasteiger partial charge in [-0.2, -0.15) is 0 Å². The standard InChI is InChI=1S/C14H20N4O2S2/c1-8(2)13-15-6-12(17-13)22(19,20)18-9(3)11-7-21-14(16-11)10-4-5-10/h6-10,18H,4-5H2,1-3H3,(H,15,17)/t9-/m1/s1. The van der Waals surface area contributed by atoms with E-state index in [1.54, 1.807) is 11.3 Å². The van der Waals surface area contributed by atoms with Crippen LogP contribution in [0, 0.1) is 0 Å². The number of rotatable bonds is 6. The Balaban J connectivity index is 1.74. The van der Waals surface area contributed by atoms with Crippen molar-refractivity contribution in [1.82, 2.24) is 19.7 Å². The van der Waals surface area contributed by atoms with Crippen molar-refractivity contribution in [2.24, 2.45) is 0 Å². The molecular formula is C14H20N4O2S2. The van der Waals surface area contributed by atoms with Crippen molar-refractivity contribution < 1.29 is 8.42 Å². The number of aromatic nitrogens is 3. The van der Waals surface area contributed by atoms with Gasteiger partial charge in [-0.05, 0) is 19.8 Å². The quantitative estimate of drug-likeness (QED) is 0.846. The first-order valence-corrected chi connectivity index (χ1v) is 9.75. The number of hydrogen-bond acceptors (Lipinski definition) is 5. The maximum absolute atomic E-state index is 12.4. The van der Waals surface area contributed by atoms with E-state index in [9.17, 15) is 8.42 Å². The molecule has 0 aliphatic heterocycles. The van der Waals surface area contributed by atoms with Gasteiger partial charge in [0.15, 0.2) is 5.03 Å². The van der Waals surface area contributed by atoms with E-state index in [1.165, 1.54) is 19.0 Å². The summed E-state index contributed by atoms with van der Waals surface area (Å²) in [5.41, 5.74) is 0.777. The Morgan fingerprint density at radius 1 is 1.36 bits per heavy atom. The van der Waals surface area contributed by atoms with E-state index in [2.05, 4.69) is 19.7 Å². The molecule has 8 heteroatoms. The Kier molecular flexibility index (Phi) is 4.09. The molecule has 3 rings (SSSR count). The topological polar surface area (TPSA) is 87.7 Å². The number of nitrogens with zero attached hydrogens (tertiary/aromatic N) is 2. The number of thiazole rings is 1. The van der Waals surface area contributed by atoms with Gasteiger partial charge in [0.25, 0.3) is 10.0 Å². The smallest absolute Gasteiger partial charge is 0.258 e. The van der Waals surface area contributed by atoms with Crippen LogP contribution in [0.15, 0.2) is 16.6 Å². The van der Waals surface area contributed by atoms with Gasteiger partial charge in [-0.25, -0.2) is 23.1 Å². The zero-order valence-corrected chi connectivity index (χ0v) is 14.5. The summed E-state index contributed by atoms with van der Waals surface area (Å²) in [6.07, 6.45) is 3.75. The van der Waals surface area contributed by atoms with Crippen molar-refractivity contribution in [2.75, 3.05) is 0 Å². The lowest BCUT2D eigenvalue weighted by atomic mass is 10.2. The molecule has 2 heterocycles. The SMILES string of the molecule is CC(C)c1ncc(S(=O)(=O)N[C@H](C)c2csc(C3CC3)n2)[nH]1. The van der Waals surface area contributed by atoms with Crippen LogP contribution in [-0.2, 0) is 10.0 Å². The number of sulfonamides is 1. The van der Waals surface area contributed by atoms with Gasteiger partial charge in [-0.3, -0.25) is 0 Å². The molecule has 0 saturated heterocycles. The van der Waals surface area contributed by atoms with Crippen LogP contribution in [0.3, 0.4) is 0 Å². The van der Waals surface area contributed by atoms with Gasteiger partial charge in [-0.1, -0.05) is 13.8 Å². The second-order valence-corrected chi connectivity index (χ2v) is 8.59. The first kappa shape index (κ1) is 15.6. The van der Waals surface area contributed by atoms with Crippen molar-refractivity contribution >= 4 is 21.4 Å². The minimum absolute atomic E-state index is 0.0979. The van der Waals surface area contributed by atoms with Crippen molar-refractivity contribution in [3.63, 3.8) is 0 Å². The third-order valence-corrected chi connectivity index (χ3v) is 6.13. The fraction of sp³-hybridized carbons (Fsp3) is 0.571. The lowest BCUT2D eigenvalue weighted by molar-refractivity contribution is 0.560. The molecule has 1 saturated carbocycles. The molecule has 0 unspecified atom stereocenters. The Hall–Kier alpha value is -1.25. The van der Waals surface area contributed by atoms with Crippen LogP contribution in [0.25, 0.3) is 0 Å².